The molecule has 2 aromatic heterocycles. The standard InChI is InChI=1S/C18H16ClFN6O/c1-18(19)7-12(4-5-15(18)27)24-17-21-9-13(20)16(25-17)23-11-3-2-10-8-22-26-14(10)6-11/h2-6,8-9,27H,7H2,1H3,(H,22,26)(H2,21,23,24,25). The third-order valence-electron chi connectivity index (χ3n) is 4.22. The summed E-state index contributed by atoms with van der Waals surface area (Å²) in [6, 6.07) is 5.49. The van der Waals surface area contributed by atoms with E-state index < -0.39 is 10.7 Å². The summed E-state index contributed by atoms with van der Waals surface area (Å²) in [5.41, 5.74) is 2.20. The summed E-state index contributed by atoms with van der Waals surface area (Å²) < 4.78 is 14.1. The van der Waals surface area contributed by atoms with Crippen LogP contribution >= 0.6 is 11.6 Å². The van der Waals surface area contributed by atoms with Gasteiger partial charge in [0.2, 0.25) is 5.95 Å². The van der Waals surface area contributed by atoms with Gasteiger partial charge in [0.1, 0.15) is 10.6 Å². The lowest BCUT2D eigenvalue weighted by Crippen LogP contribution is -2.25. The highest BCUT2D eigenvalue weighted by atomic mass is 35.5. The number of rotatable bonds is 4. The number of nitrogens with zero attached hydrogens (tertiary/aromatic N) is 3. The van der Waals surface area contributed by atoms with Gasteiger partial charge in [0.15, 0.2) is 11.6 Å². The van der Waals surface area contributed by atoms with Crippen LogP contribution in [-0.2, 0) is 0 Å². The van der Waals surface area contributed by atoms with E-state index in [-0.39, 0.29) is 17.5 Å². The van der Waals surface area contributed by atoms with Crippen molar-refractivity contribution in [3.63, 3.8) is 0 Å². The molecule has 0 saturated carbocycles. The molecule has 0 saturated heterocycles. The first-order chi connectivity index (χ1) is 12.9. The normalized spacial score (nSPS) is 19.5. The third-order valence-corrected chi connectivity index (χ3v) is 4.55. The lowest BCUT2D eigenvalue weighted by atomic mass is 9.97. The average molecular weight is 387 g/mol. The largest absolute Gasteiger partial charge is 0.510 e. The van der Waals surface area contributed by atoms with Crippen LogP contribution in [0.4, 0.5) is 21.8 Å². The summed E-state index contributed by atoms with van der Waals surface area (Å²) in [6.07, 6.45) is 6.35. The van der Waals surface area contributed by atoms with Gasteiger partial charge < -0.3 is 15.7 Å². The van der Waals surface area contributed by atoms with Gasteiger partial charge in [-0.05, 0) is 37.3 Å². The Morgan fingerprint density at radius 2 is 2.11 bits per heavy atom. The molecule has 1 atom stereocenters. The van der Waals surface area contributed by atoms with Crippen LogP contribution in [0, 0.1) is 5.82 Å². The lowest BCUT2D eigenvalue weighted by Gasteiger charge is -2.26. The number of nitrogens with one attached hydrogen (secondary N) is 3. The Hall–Kier alpha value is -3.13. The molecule has 9 heteroatoms. The Morgan fingerprint density at radius 3 is 2.93 bits per heavy atom. The van der Waals surface area contributed by atoms with Crippen LogP contribution in [0.15, 0.2) is 54.2 Å². The number of aliphatic hydroxyl groups is 1. The van der Waals surface area contributed by atoms with Gasteiger partial charge >= 0.3 is 0 Å². The number of halogens is 2. The van der Waals surface area contributed by atoms with Crippen molar-refractivity contribution in [2.24, 2.45) is 0 Å². The maximum absolute atomic E-state index is 14.1. The number of benzene rings is 1. The van der Waals surface area contributed by atoms with Gasteiger partial charge in [0.25, 0.3) is 0 Å². The summed E-state index contributed by atoms with van der Waals surface area (Å²) in [6.45, 7) is 1.71. The lowest BCUT2D eigenvalue weighted by molar-refractivity contribution is 0.350. The summed E-state index contributed by atoms with van der Waals surface area (Å²) in [4.78, 5) is 7.25. The second-order valence-corrected chi connectivity index (χ2v) is 7.26. The highest BCUT2D eigenvalue weighted by molar-refractivity contribution is 6.25. The van der Waals surface area contributed by atoms with Crippen molar-refractivity contribution in [3.8, 4) is 0 Å². The van der Waals surface area contributed by atoms with Crippen molar-refractivity contribution in [2.75, 3.05) is 10.6 Å². The fraction of sp³-hybridized carbons (Fsp3) is 0.167. The fourth-order valence-electron chi connectivity index (χ4n) is 2.76. The van der Waals surface area contributed by atoms with Crippen LogP contribution in [0.3, 0.4) is 0 Å². The Labute approximate surface area is 159 Å². The molecule has 4 rings (SSSR count). The van der Waals surface area contributed by atoms with Crippen molar-refractivity contribution >= 4 is 40.0 Å². The third kappa shape index (κ3) is 3.56. The van der Waals surface area contributed by atoms with Crippen LogP contribution in [0.2, 0.25) is 0 Å². The molecular weight excluding hydrogens is 371 g/mol. The fourth-order valence-corrected chi connectivity index (χ4v) is 2.96. The molecule has 4 N–H and O–H groups in total. The average Bonchev–Trinajstić information content (AvgIpc) is 3.09. The second-order valence-electron chi connectivity index (χ2n) is 6.43. The highest BCUT2D eigenvalue weighted by Crippen LogP contribution is 2.34. The first-order valence-electron chi connectivity index (χ1n) is 8.20. The van der Waals surface area contributed by atoms with Gasteiger partial charge in [0.05, 0.1) is 17.9 Å². The van der Waals surface area contributed by atoms with E-state index in [1.807, 2.05) is 18.2 Å². The minimum Gasteiger partial charge on any atom is -0.510 e. The molecule has 1 unspecified atom stereocenters. The molecule has 0 bridgehead atoms. The molecule has 2 heterocycles. The van der Waals surface area contributed by atoms with Gasteiger partial charge in [-0.3, -0.25) is 5.10 Å². The molecule has 1 aliphatic rings. The van der Waals surface area contributed by atoms with Crippen molar-refractivity contribution in [1.29, 1.82) is 0 Å². The van der Waals surface area contributed by atoms with Crippen LogP contribution in [0.1, 0.15) is 13.3 Å². The van der Waals surface area contributed by atoms with Crippen molar-refractivity contribution < 1.29 is 9.50 Å². The zero-order chi connectivity index (χ0) is 19.0. The maximum Gasteiger partial charge on any atom is 0.229 e. The van der Waals surface area contributed by atoms with Crippen LogP contribution in [0.25, 0.3) is 10.9 Å². The minimum atomic E-state index is -0.905. The zero-order valence-electron chi connectivity index (χ0n) is 14.3. The number of aromatic amines is 1. The molecule has 138 valence electrons. The number of hydrogen-bond donors (Lipinski definition) is 4. The first kappa shape index (κ1) is 17.3. The number of fused-ring (bicyclic) bond motifs is 1. The molecule has 0 radical (unpaired) electrons. The smallest absolute Gasteiger partial charge is 0.229 e. The predicted molar refractivity (Wildman–Crippen MR) is 103 cm³/mol. The number of aromatic nitrogens is 4. The molecule has 0 fully saturated rings. The number of anilines is 3. The number of allylic oxidation sites excluding steroid dienone is 4. The van der Waals surface area contributed by atoms with E-state index in [0.717, 1.165) is 17.1 Å². The van der Waals surface area contributed by atoms with Crippen molar-refractivity contribution in [1.82, 2.24) is 20.2 Å². The Morgan fingerprint density at radius 1 is 1.26 bits per heavy atom. The summed E-state index contributed by atoms with van der Waals surface area (Å²) in [5, 5.41) is 23.5. The maximum atomic E-state index is 14.1. The molecular formula is C18H16ClFN6O. The zero-order valence-corrected chi connectivity index (χ0v) is 15.0. The topological polar surface area (TPSA) is 98.8 Å². The van der Waals surface area contributed by atoms with Gasteiger partial charge in [-0.1, -0.05) is 0 Å². The van der Waals surface area contributed by atoms with Gasteiger partial charge in [-0.15, -0.1) is 11.6 Å². The van der Waals surface area contributed by atoms with Crippen LogP contribution in [-0.4, -0.2) is 30.1 Å². The Balaban J connectivity index is 1.56. The summed E-state index contributed by atoms with van der Waals surface area (Å²) in [7, 11) is 0. The van der Waals surface area contributed by atoms with Crippen molar-refractivity contribution in [3.05, 3.63) is 60.0 Å². The highest BCUT2D eigenvalue weighted by Gasteiger charge is 2.30. The molecule has 0 spiro atoms. The molecule has 0 aliphatic heterocycles. The van der Waals surface area contributed by atoms with Gasteiger partial charge in [-0.2, -0.15) is 10.1 Å². The van der Waals surface area contributed by atoms with E-state index >= 15 is 0 Å². The van der Waals surface area contributed by atoms with Crippen molar-refractivity contribution in [2.45, 2.75) is 18.2 Å². The van der Waals surface area contributed by atoms with E-state index in [2.05, 4.69) is 30.8 Å². The number of aliphatic hydroxyl groups excluding tert-OH is 1. The number of hydrogen-bond acceptors (Lipinski definition) is 6. The Kier molecular flexibility index (Phi) is 4.19. The molecule has 27 heavy (non-hydrogen) atoms. The van der Waals surface area contributed by atoms with E-state index in [4.69, 9.17) is 11.6 Å². The number of H-pyrrole nitrogens is 1. The SMILES string of the molecule is CC1(Cl)CC(Nc2ncc(F)c(Nc3ccc4cn[nH]c4c3)n2)=CC=C1O. The van der Waals surface area contributed by atoms with E-state index in [0.29, 0.717) is 17.8 Å². The van der Waals surface area contributed by atoms with Crippen LogP contribution < -0.4 is 10.6 Å². The summed E-state index contributed by atoms with van der Waals surface area (Å²) in [5.74, 6) is -0.237. The molecule has 7 nitrogen and oxygen atoms in total. The van der Waals surface area contributed by atoms with Gasteiger partial charge in [0, 0.05) is 23.2 Å². The molecule has 3 aromatic rings. The molecule has 1 aromatic carbocycles. The van der Waals surface area contributed by atoms with E-state index in [1.54, 1.807) is 19.2 Å². The van der Waals surface area contributed by atoms with E-state index in [1.165, 1.54) is 6.08 Å². The quantitative estimate of drug-likeness (QED) is 0.497. The Bertz CT molecular complexity index is 1070. The monoisotopic (exact) mass is 386 g/mol. The number of alkyl halides is 1. The van der Waals surface area contributed by atoms with E-state index in [9.17, 15) is 9.50 Å². The predicted octanol–water partition coefficient (Wildman–Crippen LogP) is 4.37. The second kappa shape index (κ2) is 6.55. The summed E-state index contributed by atoms with van der Waals surface area (Å²) >= 11 is 6.27. The molecule has 1 aliphatic carbocycles. The van der Waals surface area contributed by atoms with Crippen LogP contribution in [0.5, 0.6) is 0 Å². The van der Waals surface area contributed by atoms with Gasteiger partial charge in [-0.25, -0.2) is 9.37 Å². The molecule has 0 amide bonds. The first-order valence-corrected chi connectivity index (χ1v) is 8.57. The minimum absolute atomic E-state index is 0.0369.